The highest BCUT2D eigenvalue weighted by Gasteiger charge is 2.33. The summed E-state index contributed by atoms with van der Waals surface area (Å²) in [6.45, 7) is 5.18. The van der Waals surface area contributed by atoms with Crippen molar-refractivity contribution in [3.8, 4) is 11.5 Å². The number of amides is 1. The van der Waals surface area contributed by atoms with Crippen molar-refractivity contribution in [2.75, 3.05) is 6.54 Å². The largest absolute Gasteiger partial charge is 0.333 e. The molecule has 3 rings (SSSR count). The van der Waals surface area contributed by atoms with Crippen molar-refractivity contribution in [1.82, 2.24) is 29.6 Å². The van der Waals surface area contributed by atoms with Gasteiger partial charge in [0.2, 0.25) is 5.91 Å². The highest BCUT2D eigenvalue weighted by atomic mass is 16.2. The number of rotatable bonds is 3. The molecule has 0 aliphatic carbocycles. The smallest absolute Gasteiger partial charge is 0.245 e. The van der Waals surface area contributed by atoms with E-state index < -0.39 is 0 Å². The molecule has 2 aromatic heterocycles. The molecule has 0 aromatic carbocycles. The lowest BCUT2D eigenvalue weighted by Crippen LogP contribution is -2.42. The molecule has 1 aliphatic heterocycles. The van der Waals surface area contributed by atoms with E-state index in [0.29, 0.717) is 18.1 Å². The van der Waals surface area contributed by atoms with Gasteiger partial charge < -0.3 is 4.90 Å². The number of hydrogen-bond donors (Lipinski definition) is 0. The van der Waals surface area contributed by atoms with Gasteiger partial charge in [0.25, 0.3) is 0 Å². The average molecular weight is 272 g/mol. The van der Waals surface area contributed by atoms with E-state index >= 15 is 0 Å². The average Bonchev–Trinajstić information content (AvgIpc) is 2.89. The van der Waals surface area contributed by atoms with Gasteiger partial charge in [-0.1, -0.05) is 6.92 Å². The third kappa shape index (κ3) is 1.95. The van der Waals surface area contributed by atoms with Crippen molar-refractivity contribution in [2.45, 2.75) is 32.9 Å². The van der Waals surface area contributed by atoms with Gasteiger partial charge in [-0.15, -0.1) is 10.2 Å². The molecule has 2 aromatic rings. The molecule has 7 nitrogen and oxygen atoms in total. The minimum absolute atomic E-state index is 0.101. The fourth-order valence-electron chi connectivity index (χ4n) is 2.51. The van der Waals surface area contributed by atoms with Gasteiger partial charge in [-0.25, -0.2) is 4.98 Å². The highest BCUT2D eigenvalue weighted by molar-refractivity contribution is 5.81. The number of hydrogen-bond acceptors (Lipinski definition) is 5. The van der Waals surface area contributed by atoms with Gasteiger partial charge in [0.1, 0.15) is 11.7 Å². The normalized spacial score (nSPS) is 18.2. The fraction of sp³-hybridized carbons (Fsp3) is 0.462. The maximum Gasteiger partial charge on any atom is 0.245 e. The SMILES string of the molecule is CCCN1Cc2nnc(-c3cnccn3)n2[C@@H](C)C1=O. The second-order valence-electron chi connectivity index (χ2n) is 4.84. The van der Waals surface area contributed by atoms with Crippen LogP contribution in [0.1, 0.15) is 32.1 Å². The van der Waals surface area contributed by atoms with E-state index in [1.165, 1.54) is 0 Å². The maximum atomic E-state index is 12.4. The van der Waals surface area contributed by atoms with E-state index in [1.807, 2.05) is 16.4 Å². The van der Waals surface area contributed by atoms with E-state index in [-0.39, 0.29) is 11.9 Å². The molecule has 0 unspecified atom stereocenters. The standard InChI is InChI=1S/C13H16N6O/c1-3-6-18-8-11-16-17-12(10-7-14-4-5-15-10)19(11)9(2)13(18)20/h4-5,7,9H,3,6,8H2,1-2H3/t9-/m0/s1. The van der Waals surface area contributed by atoms with Gasteiger partial charge in [0, 0.05) is 18.9 Å². The van der Waals surface area contributed by atoms with Gasteiger partial charge in [0.15, 0.2) is 11.6 Å². The zero-order valence-corrected chi connectivity index (χ0v) is 11.5. The predicted molar refractivity (Wildman–Crippen MR) is 71.5 cm³/mol. The van der Waals surface area contributed by atoms with Gasteiger partial charge in [-0.3, -0.25) is 14.3 Å². The second-order valence-corrected chi connectivity index (χ2v) is 4.84. The third-order valence-electron chi connectivity index (χ3n) is 3.44. The summed E-state index contributed by atoms with van der Waals surface area (Å²) in [5, 5.41) is 8.38. The molecule has 0 fully saturated rings. The number of carbonyl (C=O) groups is 1. The van der Waals surface area contributed by atoms with E-state index in [9.17, 15) is 4.79 Å². The zero-order chi connectivity index (χ0) is 14.1. The van der Waals surface area contributed by atoms with E-state index in [0.717, 1.165) is 18.8 Å². The maximum absolute atomic E-state index is 12.4. The summed E-state index contributed by atoms with van der Waals surface area (Å²) in [6.07, 6.45) is 5.78. The molecule has 0 N–H and O–H groups in total. The van der Waals surface area contributed by atoms with E-state index in [2.05, 4.69) is 27.1 Å². The minimum Gasteiger partial charge on any atom is -0.333 e. The van der Waals surface area contributed by atoms with Gasteiger partial charge in [-0.05, 0) is 13.3 Å². The number of fused-ring (bicyclic) bond motifs is 1. The molecular weight excluding hydrogens is 256 g/mol. The summed E-state index contributed by atoms with van der Waals surface area (Å²) < 4.78 is 1.86. The van der Waals surface area contributed by atoms with Crippen molar-refractivity contribution in [3.05, 3.63) is 24.4 Å². The minimum atomic E-state index is -0.308. The summed E-state index contributed by atoms with van der Waals surface area (Å²) in [5.74, 6) is 1.50. The lowest BCUT2D eigenvalue weighted by atomic mass is 10.2. The van der Waals surface area contributed by atoms with Crippen molar-refractivity contribution < 1.29 is 4.79 Å². The molecule has 1 amide bonds. The van der Waals surface area contributed by atoms with Crippen LogP contribution in [0.3, 0.4) is 0 Å². The zero-order valence-electron chi connectivity index (χ0n) is 11.5. The lowest BCUT2D eigenvalue weighted by molar-refractivity contribution is -0.136. The van der Waals surface area contributed by atoms with Crippen LogP contribution in [-0.4, -0.2) is 42.1 Å². The van der Waals surface area contributed by atoms with E-state index in [4.69, 9.17) is 0 Å². The Hall–Kier alpha value is -2.31. The van der Waals surface area contributed by atoms with Crippen LogP contribution in [0.25, 0.3) is 11.5 Å². The number of carbonyl (C=O) groups excluding carboxylic acids is 1. The topological polar surface area (TPSA) is 76.8 Å². The Morgan fingerprint density at radius 2 is 2.20 bits per heavy atom. The Morgan fingerprint density at radius 3 is 2.90 bits per heavy atom. The van der Waals surface area contributed by atoms with Crippen molar-refractivity contribution in [2.24, 2.45) is 0 Å². The van der Waals surface area contributed by atoms with Gasteiger partial charge >= 0.3 is 0 Å². The van der Waals surface area contributed by atoms with Crippen LogP contribution in [0, 0.1) is 0 Å². The Labute approximate surface area is 116 Å². The van der Waals surface area contributed by atoms with Crippen molar-refractivity contribution in [3.63, 3.8) is 0 Å². The first-order valence-electron chi connectivity index (χ1n) is 6.71. The predicted octanol–water partition coefficient (Wildman–Crippen LogP) is 1.05. The summed E-state index contributed by atoms with van der Waals surface area (Å²) in [5.41, 5.74) is 0.634. The van der Waals surface area contributed by atoms with Gasteiger partial charge in [-0.2, -0.15) is 0 Å². The molecule has 1 aliphatic rings. The Morgan fingerprint density at radius 1 is 1.35 bits per heavy atom. The van der Waals surface area contributed by atoms with Crippen molar-refractivity contribution >= 4 is 5.91 Å². The van der Waals surface area contributed by atoms with Gasteiger partial charge in [0.05, 0.1) is 12.7 Å². The van der Waals surface area contributed by atoms with Crippen LogP contribution >= 0.6 is 0 Å². The highest BCUT2D eigenvalue weighted by Crippen LogP contribution is 2.26. The molecule has 0 spiro atoms. The number of nitrogens with zero attached hydrogens (tertiary/aromatic N) is 6. The quantitative estimate of drug-likeness (QED) is 0.834. The Bertz CT molecular complexity index is 623. The van der Waals surface area contributed by atoms with E-state index in [1.54, 1.807) is 18.6 Å². The summed E-state index contributed by atoms with van der Waals surface area (Å²) >= 11 is 0. The fourth-order valence-corrected chi connectivity index (χ4v) is 2.51. The van der Waals surface area contributed by atoms with Crippen LogP contribution in [0.4, 0.5) is 0 Å². The first-order valence-corrected chi connectivity index (χ1v) is 6.71. The van der Waals surface area contributed by atoms with Crippen LogP contribution in [-0.2, 0) is 11.3 Å². The van der Waals surface area contributed by atoms with Crippen LogP contribution in [0.2, 0.25) is 0 Å². The molecule has 0 radical (unpaired) electrons. The van der Waals surface area contributed by atoms with Crippen LogP contribution < -0.4 is 0 Å². The third-order valence-corrected chi connectivity index (χ3v) is 3.44. The molecule has 0 saturated carbocycles. The molecule has 7 heteroatoms. The summed E-state index contributed by atoms with van der Waals surface area (Å²) in [6, 6.07) is -0.308. The summed E-state index contributed by atoms with van der Waals surface area (Å²) in [7, 11) is 0. The number of aromatic nitrogens is 5. The van der Waals surface area contributed by atoms with Crippen molar-refractivity contribution in [1.29, 1.82) is 0 Å². The molecular formula is C13H16N6O. The first-order chi connectivity index (χ1) is 9.72. The van der Waals surface area contributed by atoms with Crippen LogP contribution in [0.15, 0.2) is 18.6 Å². The lowest BCUT2D eigenvalue weighted by Gasteiger charge is -2.31. The second kappa shape index (κ2) is 4.99. The molecule has 3 heterocycles. The molecule has 20 heavy (non-hydrogen) atoms. The first kappa shape index (κ1) is 12.7. The molecule has 104 valence electrons. The summed E-state index contributed by atoms with van der Waals surface area (Å²) in [4.78, 5) is 22.5. The monoisotopic (exact) mass is 272 g/mol. The molecule has 1 atom stereocenters. The molecule has 0 bridgehead atoms. The molecule has 0 saturated heterocycles. The van der Waals surface area contributed by atoms with Crippen LogP contribution in [0.5, 0.6) is 0 Å². The Balaban J connectivity index is 2.03. The Kier molecular flexibility index (Phi) is 3.17.